The standard InChI is InChI=1S/C13H17FN2O2/c14-12-6-10(17)3-4-11(12)13(18)16-5-1-2-9(7-15)8-16/h3-4,6,9,17H,1-2,5,7-8,15H2. The maximum Gasteiger partial charge on any atom is 0.256 e. The predicted octanol–water partition coefficient (Wildman–Crippen LogP) is 1.34. The van der Waals surface area contributed by atoms with E-state index >= 15 is 0 Å². The second-order valence-corrected chi connectivity index (χ2v) is 4.66. The van der Waals surface area contributed by atoms with Crippen LogP contribution in [0.25, 0.3) is 0 Å². The quantitative estimate of drug-likeness (QED) is 0.834. The van der Waals surface area contributed by atoms with Crippen molar-refractivity contribution in [2.75, 3.05) is 19.6 Å². The Morgan fingerprint density at radius 3 is 3.00 bits per heavy atom. The van der Waals surface area contributed by atoms with E-state index in [0.717, 1.165) is 18.9 Å². The van der Waals surface area contributed by atoms with Crippen molar-refractivity contribution in [2.45, 2.75) is 12.8 Å². The van der Waals surface area contributed by atoms with Crippen molar-refractivity contribution in [3.8, 4) is 5.75 Å². The molecule has 1 aliphatic heterocycles. The van der Waals surface area contributed by atoms with Gasteiger partial charge in [0.1, 0.15) is 11.6 Å². The highest BCUT2D eigenvalue weighted by Crippen LogP contribution is 2.21. The zero-order chi connectivity index (χ0) is 13.1. The minimum atomic E-state index is -0.685. The third kappa shape index (κ3) is 2.61. The van der Waals surface area contributed by atoms with E-state index in [4.69, 9.17) is 10.8 Å². The number of amides is 1. The Bertz CT molecular complexity index is 451. The number of phenolic OH excluding ortho intramolecular Hbond substituents is 1. The summed E-state index contributed by atoms with van der Waals surface area (Å²) in [7, 11) is 0. The lowest BCUT2D eigenvalue weighted by Gasteiger charge is -2.32. The van der Waals surface area contributed by atoms with Gasteiger partial charge in [0.2, 0.25) is 0 Å². The van der Waals surface area contributed by atoms with Gasteiger partial charge in [0.25, 0.3) is 5.91 Å². The summed E-state index contributed by atoms with van der Waals surface area (Å²) in [5.41, 5.74) is 5.61. The van der Waals surface area contributed by atoms with Crippen molar-refractivity contribution < 1.29 is 14.3 Å². The zero-order valence-corrected chi connectivity index (χ0v) is 10.1. The molecule has 1 aliphatic rings. The number of nitrogens with two attached hydrogens (primary N) is 1. The van der Waals surface area contributed by atoms with Crippen molar-refractivity contribution in [3.05, 3.63) is 29.6 Å². The number of rotatable bonds is 2. The van der Waals surface area contributed by atoms with Crippen LogP contribution in [0.5, 0.6) is 5.75 Å². The average molecular weight is 252 g/mol. The lowest BCUT2D eigenvalue weighted by atomic mass is 9.97. The smallest absolute Gasteiger partial charge is 0.256 e. The molecule has 0 aliphatic carbocycles. The van der Waals surface area contributed by atoms with Crippen molar-refractivity contribution in [1.82, 2.24) is 4.90 Å². The second-order valence-electron chi connectivity index (χ2n) is 4.66. The van der Waals surface area contributed by atoms with Crippen LogP contribution in [0.1, 0.15) is 23.2 Å². The number of hydrogen-bond acceptors (Lipinski definition) is 3. The first-order chi connectivity index (χ1) is 8.61. The number of nitrogens with zero attached hydrogens (tertiary/aromatic N) is 1. The molecule has 0 spiro atoms. The molecular formula is C13H17FN2O2. The third-order valence-corrected chi connectivity index (χ3v) is 3.32. The molecule has 5 heteroatoms. The van der Waals surface area contributed by atoms with Crippen LogP contribution in [-0.2, 0) is 0 Å². The van der Waals surface area contributed by atoms with Crippen molar-refractivity contribution in [3.63, 3.8) is 0 Å². The molecule has 98 valence electrons. The molecule has 0 aromatic heterocycles. The molecule has 18 heavy (non-hydrogen) atoms. The molecule has 0 saturated carbocycles. The van der Waals surface area contributed by atoms with Crippen LogP contribution < -0.4 is 5.73 Å². The highest BCUT2D eigenvalue weighted by molar-refractivity contribution is 5.94. The fourth-order valence-electron chi connectivity index (χ4n) is 2.29. The van der Waals surface area contributed by atoms with Gasteiger partial charge < -0.3 is 15.7 Å². The molecule has 3 N–H and O–H groups in total. The Morgan fingerprint density at radius 1 is 1.56 bits per heavy atom. The number of halogens is 1. The summed E-state index contributed by atoms with van der Waals surface area (Å²) in [5.74, 6) is -0.897. The Morgan fingerprint density at radius 2 is 2.33 bits per heavy atom. The van der Waals surface area contributed by atoms with E-state index in [1.54, 1.807) is 4.90 Å². The third-order valence-electron chi connectivity index (χ3n) is 3.32. The minimum absolute atomic E-state index is 0.00507. The van der Waals surface area contributed by atoms with Crippen molar-refractivity contribution in [2.24, 2.45) is 11.7 Å². The van der Waals surface area contributed by atoms with Crippen LogP contribution in [0.15, 0.2) is 18.2 Å². The Kier molecular flexibility index (Phi) is 3.81. The van der Waals surface area contributed by atoms with Crippen molar-refractivity contribution in [1.29, 1.82) is 0 Å². The van der Waals surface area contributed by atoms with Crippen LogP contribution in [0.3, 0.4) is 0 Å². The van der Waals surface area contributed by atoms with Gasteiger partial charge in [-0.2, -0.15) is 0 Å². The van der Waals surface area contributed by atoms with E-state index in [1.165, 1.54) is 12.1 Å². The molecule has 1 atom stereocenters. The maximum absolute atomic E-state index is 13.6. The highest BCUT2D eigenvalue weighted by Gasteiger charge is 2.25. The maximum atomic E-state index is 13.6. The first kappa shape index (κ1) is 12.8. The topological polar surface area (TPSA) is 66.6 Å². The molecule has 1 fully saturated rings. The highest BCUT2D eigenvalue weighted by atomic mass is 19.1. The molecule has 0 bridgehead atoms. The molecule has 1 saturated heterocycles. The van der Waals surface area contributed by atoms with Gasteiger partial charge in [-0.3, -0.25) is 4.79 Å². The number of carbonyl (C=O) groups excluding carboxylic acids is 1. The monoisotopic (exact) mass is 252 g/mol. The van der Waals surface area contributed by atoms with E-state index < -0.39 is 5.82 Å². The lowest BCUT2D eigenvalue weighted by Crippen LogP contribution is -2.42. The zero-order valence-electron chi connectivity index (χ0n) is 10.1. The van der Waals surface area contributed by atoms with E-state index in [-0.39, 0.29) is 17.2 Å². The SMILES string of the molecule is NCC1CCCN(C(=O)c2ccc(O)cc2F)C1. The number of hydrogen-bond donors (Lipinski definition) is 2. The van der Waals surface area contributed by atoms with Crippen LogP contribution in [0, 0.1) is 11.7 Å². The Hall–Kier alpha value is -1.62. The summed E-state index contributed by atoms with van der Waals surface area (Å²) in [6.45, 7) is 1.76. The number of likely N-dealkylation sites (tertiary alicyclic amines) is 1. The molecule has 1 aromatic rings. The number of piperidine rings is 1. The summed E-state index contributed by atoms with van der Waals surface area (Å²) in [4.78, 5) is 13.8. The molecule has 1 amide bonds. The second kappa shape index (κ2) is 5.35. The fourth-order valence-corrected chi connectivity index (χ4v) is 2.29. The molecular weight excluding hydrogens is 235 g/mol. The predicted molar refractivity (Wildman–Crippen MR) is 65.7 cm³/mol. The number of benzene rings is 1. The van der Waals surface area contributed by atoms with E-state index in [1.807, 2.05) is 0 Å². The van der Waals surface area contributed by atoms with Gasteiger partial charge in [-0.25, -0.2) is 4.39 Å². The van der Waals surface area contributed by atoms with Gasteiger partial charge in [0.05, 0.1) is 5.56 Å². The van der Waals surface area contributed by atoms with E-state index in [0.29, 0.717) is 25.6 Å². The summed E-state index contributed by atoms with van der Waals surface area (Å²) in [6, 6.07) is 3.59. The Labute approximate surface area is 105 Å². The summed E-state index contributed by atoms with van der Waals surface area (Å²) < 4.78 is 13.6. The van der Waals surface area contributed by atoms with Crippen LogP contribution in [-0.4, -0.2) is 35.5 Å². The summed E-state index contributed by atoms with van der Waals surface area (Å²) in [6.07, 6.45) is 1.91. The van der Waals surface area contributed by atoms with Gasteiger partial charge in [0.15, 0.2) is 0 Å². The largest absolute Gasteiger partial charge is 0.508 e. The normalized spacial score (nSPS) is 19.9. The van der Waals surface area contributed by atoms with Gasteiger partial charge in [0, 0.05) is 19.2 Å². The van der Waals surface area contributed by atoms with Crippen molar-refractivity contribution >= 4 is 5.91 Å². The first-order valence-electron chi connectivity index (χ1n) is 6.09. The number of phenols is 1. The van der Waals surface area contributed by atoms with E-state index in [9.17, 15) is 9.18 Å². The van der Waals surface area contributed by atoms with Gasteiger partial charge in [-0.15, -0.1) is 0 Å². The van der Waals surface area contributed by atoms with Gasteiger partial charge in [-0.1, -0.05) is 0 Å². The molecule has 1 aromatic carbocycles. The number of aromatic hydroxyl groups is 1. The summed E-state index contributed by atoms with van der Waals surface area (Å²) in [5, 5.41) is 9.13. The average Bonchev–Trinajstić information content (AvgIpc) is 2.38. The molecule has 2 rings (SSSR count). The summed E-state index contributed by atoms with van der Waals surface area (Å²) >= 11 is 0. The fraction of sp³-hybridized carbons (Fsp3) is 0.462. The van der Waals surface area contributed by atoms with Crippen LogP contribution in [0.2, 0.25) is 0 Å². The molecule has 0 radical (unpaired) electrons. The Balaban J connectivity index is 2.15. The van der Waals surface area contributed by atoms with Gasteiger partial charge >= 0.3 is 0 Å². The number of carbonyl (C=O) groups is 1. The lowest BCUT2D eigenvalue weighted by molar-refractivity contribution is 0.0673. The van der Waals surface area contributed by atoms with Crippen LogP contribution in [0.4, 0.5) is 4.39 Å². The molecule has 4 nitrogen and oxygen atoms in total. The van der Waals surface area contributed by atoms with E-state index in [2.05, 4.69) is 0 Å². The molecule has 1 heterocycles. The van der Waals surface area contributed by atoms with Gasteiger partial charge in [-0.05, 0) is 37.4 Å². The molecule has 1 unspecified atom stereocenters. The van der Waals surface area contributed by atoms with Crippen LogP contribution >= 0.6 is 0 Å². The minimum Gasteiger partial charge on any atom is -0.508 e. The first-order valence-corrected chi connectivity index (χ1v) is 6.09.